The molecule has 2 N–H and O–H groups in total. The maximum Gasteiger partial charge on any atom is 0.243 e. The first-order chi connectivity index (χ1) is 9.72. The lowest BCUT2D eigenvalue weighted by Gasteiger charge is -2.24. The van der Waals surface area contributed by atoms with E-state index in [2.05, 4.69) is 11.9 Å². The fourth-order valence-electron chi connectivity index (χ4n) is 2.06. The second-order valence-electron chi connectivity index (χ2n) is 4.46. The average molecular weight is 267 g/mol. The molecule has 0 unspecified atom stereocenters. The third kappa shape index (κ3) is 3.33. The SMILES string of the molecule is C=CC(=O)N[C@H](c1ccccc1)[C@@H](O)c1ccccc1. The normalized spacial score (nSPS) is 13.2. The summed E-state index contributed by atoms with van der Waals surface area (Å²) in [5.74, 6) is -0.311. The number of amides is 1. The zero-order valence-corrected chi connectivity index (χ0v) is 11.1. The number of nitrogens with one attached hydrogen (secondary N) is 1. The Labute approximate surface area is 118 Å². The van der Waals surface area contributed by atoms with Gasteiger partial charge in [-0.25, -0.2) is 0 Å². The highest BCUT2D eigenvalue weighted by atomic mass is 16.3. The molecule has 0 aliphatic carbocycles. The van der Waals surface area contributed by atoms with E-state index in [1.165, 1.54) is 6.08 Å². The van der Waals surface area contributed by atoms with Gasteiger partial charge in [-0.2, -0.15) is 0 Å². The van der Waals surface area contributed by atoms with Crippen LogP contribution in [0.1, 0.15) is 23.3 Å². The summed E-state index contributed by atoms with van der Waals surface area (Å²) < 4.78 is 0. The van der Waals surface area contributed by atoms with E-state index in [4.69, 9.17) is 0 Å². The van der Waals surface area contributed by atoms with Gasteiger partial charge in [0.2, 0.25) is 5.91 Å². The van der Waals surface area contributed by atoms with Crippen LogP contribution in [-0.4, -0.2) is 11.0 Å². The van der Waals surface area contributed by atoms with E-state index in [0.29, 0.717) is 0 Å². The van der Waals surface area contributed by atoms with Gasteiger partial charge in [0.05, 0.1) is 6.04 Å². The molecule has 2 atom stereocenters. The average Bonchev–Trinajstić information content (AvgIpc) is 2.53. The van der Waals surface area contributed by atoms with E-state index < -0.39 is 12.1 Å². The Balaban J connectivity index is 2.31. The molecule has 0 bridgehead atoms. The van der Waals surface area contributed by atoms with E-state index in [0.717, 1.165) is 11.1 Å². The number of aliphatic hydroxyl groups is 1. The van der Waals surface area contributed by atoms with E-state index in [1.54, 1.807) is 0 Å². The van der Waals surface area contributed by atoms with Crippen LogP contribution < -0.4 is 5.32 Å². The predicted octanol–water partition coefficient (Wildman–Crippen LogP) is 2.76. The summed E-state index contributed by atoms with van der Waals surface area (Å²) in [4.78, 5) is 11.6. The van der Waals surface area contributed by atoms with Crippen LogP contribution in [0.2, 0.25) is 0 Å². The van der Waals surface area contributed by atoms with E-state index in [9.17, 15) is 9.90 Å². The number of carbonyl (C=O) groups excluding carboxylic acids is 1. The summed E-state index contributed by atoms with van der Waals surface area (Å²) in [7, 11) is 0. The van der Waals surface area contributed by atoms with Gasteiger partial charge in [0.1, 0.15) is 6.10 Å². The Hall–Kier alpha value is -2.39. The lowest BCUT2D eigenvalue weighted by Crippen LogP contribution is -2.31. The summed E-state index contributed by atoms with van der Waals surface area (Å²) in [6.45, 7) is 3.45. The minimum absolute atomic E-state index is 0.311. The smallest absolute Gasteiger partial charge is 0.243 e. The minimum Gasteiger partial charge on any atom is -0.386 e. The molecule has 0 radical (unpaired) electrons. The molecular formula is C17H17NO2. The highest BCUT2D eigenvalue weighted by Gasteiger charge is 2.23. The highest BCUT2D eigenvalue weighted by Crippen LogP contribution is 2.28. The first-order valence-electron chi connectivity index (χ1n) is 6.43. The maximum atomic E-state index is 11.6. The van der Waals surface area contributed by atoms with Crippen molar-refractivity contribution in [3.63, 3.8) is 0 Å². The van der Waals surface area contributed by atoms with Crippen molar-refractivity contribution in [2.75, 3.05) is 0 Å². The minimum atomic E-state index is -0.817. The molecule has 2 aromatic rings. The maximum absolute atomic E-state index is 11.6. The van der Waals surface area contributed by atoms with Gasteiger partial charge in [0, 0.05) is 0 Å². The fraction of sp³-hybridized carbons (Fsp3) is 0.118. The summed E-state index contributed by atoms with van der Waals surface area (Å²) in [6, 6.07) is 18.2. The monoisotopic (exact) mass is 267 g/mol. The van der Waals surface area contributed by atoms with Crippen molar-refractivity contribution in [1.29, 1.82) is 0 Å². The van der Waals surface area contributed by atoms with Crippen LogP contribution >= 0.6 is 0 Å². The van der Waals surface area contributed by atoms with Crippen molar-refractivity contribution in [1.82, 2.24) is 5.32 Å². The van der Waals surface area contributed by atoms with Crippen molar-refractivity contribution < 1.29 is 9.90 Å². The molecule has 102 valence electrons. The standard InChI is InChI=1S/C17H17NO2/c1-2-15(19)18-16(13-9-5-3-6-10-13)17(20)14-11-7-4-8-12-14/h2-12,16-17,20H,1H2,(H,18,19)/t16-,17+/m1/s1. The first-order valence-corrected chi connectivity index (χ1v) is 6.43. The zero-order chi connectivity index (χ0) is 14.4. The Kier molecular flexibility index (Phi) is 4.69. The number of benzene rings is 2. The summed E-state index contributed by atoms with van der Waals surface area (Å²) in [5, 5.41) is 13.3. The van der Waals surface area contributed by atoms with E-state index >= 15 is 0 Å². The van der Waals surface area contributed by atoms with Gasteiger partial charge < -0.3 is 10.4 Å². The second-order valence-corrected chi connectivity index (χ2v) is 4.46. The van der Waals surface area contributed by atoms with Gasteiger partial charge in [-0.3, -0.25) is 4.79 Å². The third-order valence-corrected chi connectivity index (χ3v) is 3.10. The molecule has 0 saturated heterocycles. The van der Waals surface area contributed by atoms with Gasteiger partial charge in [0.15, 0.2) is 0 Å². The summed E-state index contributed by atoms with van der Waals surface area (Å²) in [6.07, 6.45) is 0.385. The van der Waals surface area contributed by atoms with Crippen molar-refractivity contribution in [2.45, 2.75) is 12.1 Å². The molecule has 0 saturated carbocycles. The third-order valence-electron chi connectivity index (χ3n) is 3.10. The van der Waals surface area contributed by atoms with Gasteiger partial charge in [0.25, 0.3) is 0 Å². The molecule has 20 heavy (non-hydrogen) atoms. The molecule has 0 fully saturated rings. The number of hydrogen-bond donors (Lipinski definition) is 2. The molecule has 3 heteroatoms. The Bertz CT molecular complexity index is 566. The molecule has 1 amide bonds. The molecule has 0 heterocycles. The molecule has 0 aliphatic heterocycles. The molecule has 3 nitrogen and oxygen atoms in total. The molecule has 0 spiro atoms. The van der Waals surface area contributed by atoms with Gasteiger partial charge in [-0.15, -0.1) is 0 Å². The van der Waals surface area contributed by atoms with Crippen molar-refractivity contribution in [3.05, 3.63) is 84.4 Å². The van der Waals surface area contributed by atoms with Gasteiger partial charge in [-0.05, 0) is 17.2 Å². The number of rotatable bonds is 5. The largest absolute Gasteiger partial charge is 0.386 e. The van der Waals surface area contributed by atoms with Gasteiger partial charge >= 0.3 is 0 Å². The van der Waals surface area contributed by atoms with Crippen LogP contribution in [0.25, 0.3) is 0 Å². The number of hydrogen-bond acceptors (Lipinski definition) is 2. The Morgan fingerprint density at radius 1 is 1.00 bits per heavy atom. The predicted molar refractivity (Wildman–Crippen MR) is 78.9 cm³/mol. The van der Waals surface area contributed by atoms with Crippen molar-refractivity contribution in [2.24, 2.45) is 0 Å². The molecule has 2 aromatic carbocycles. The van der Waals surface area contributed by atoms with Crippen LogP contribution in [0.3, 0.4) is 0 Å². The number of aliphatic hydroxyl groups excluding tert-OH is 1. The highest BCUT2D eigenvalue weighted by molar-refractivity contribution is 5.87. The molecule has 0 aliphatic rings. The van der Waals surface area contributed by atoms with Crippen LogP contribution in [0.5, 0.6) is 0 Å². The van der Waals surface area contributed by atoms with Crippen molar-refractivity contribution in [3.8, 4) is 0 Å². The quantitative estimate of drug-likeness (QED) is 0.818. The second kappa shape index (κ2) is 6.68. The summed E-state index contributed by atoms with van der Waals surface area (Å²) in [5.41, 5.74) is 1.60. The van der Waals surface area contributed by atoms with Gasteiger partial charge in [-0.1, -0.05) is 67.2 Å². The fourth-order valence-corrected chi connectivity index (χ4v) is 2.06. The van der Waals surface area contributed by atoms with E-state index in [1.807, 2.05) is 60.7 Å². The van der Waals surface area contributed by atoms with Crippen LogP contribution in [0, 0.1) is 0 Å². The summed E-state index contributed by atoms with van der Waals surface area (Å²) >= 11 is 0. The zero-order valence-electron chi connectivity index (χ0n) is 11.1. The Morgan fingerprint density at radius 3 is 2.00 bits per heavy atom. The van der Waals surface area contributed by atoms with Crippen molar-refractivity contribution >= 4 is 5.91 Å². The van der Waals surface area contributed by atoms with Crippen LogP contribution in [-0.2, 0) is 4.79 Å². The lowest BCUT2D eigenvalue weighted by molar-refractivity contribution is -0.118. The number of carbonyl (C=O) groups is 1. The lowest BCUT2D eigenvalue weighted by atomic mass is 9.96. The molecule has 2 rings (SSSR count). The first kappa shape index (κ1) is 14.0. The van der Waals surface area contributed by atoms with Crippen LogP contribution in [0.15, 0.2) is 73.3 Å². The van der Waals surface area contributed by atoms with E-state index in [-0.39, 0.29) is 5.91 Å². The molecule has 0 aromatic heterocycles. The van der Waals surface area contributed by atoms with Crippen LogP contribution in [0.4, 0.5) is 0 Å². The Morgan fingerprint density at radius 2 is 1.50 bits per heavy atom. The molecular weight excluding hydrogens is 250 g/mol. The topological polar surface area (TPSA) is 49.3 Å².